The molecule has 4 rings (SSSR count). The Bertz CT molecular complexity index is 1300. The number of nitrogens with zero attached hydrogens (tertiary/aromatic N) is 1. The second-order valence-corrected chi connectivity index (χ2v) is 7.68. The van der Waals surface area contributed by atoms with Gasteiger partial charge in [0.2, 0.25) is 0 Å². The molecule has 1 unspecified atom stereocenters. The Balaban J connectivity index is 1.85. The highest BCUT2D eigenvalue weighted by molar-refractivity contribution is 6.46. The number of carboxylic acids is 1. The number of para-hydroxylation sites is 1. The molecular formula is C26H20FNO6. The second-order valence-electron chi connectivity index (χ2n) is 7.68. The van der Waals surface area contributed by atoms with Gasteiger partial charge in [-0.05, 0) is 48.0 Å². The van der Waals surface area contributed by atoms with Gasteiger partial charge >= 0.3 is 5.97 Å². The van der Waals surface area contributed by atoms with Crippen LogP contribution in [0.3, 0.4) is 0 Å². The van der Waals surface area contributed by atoms with Crippen LogP contribution in [-0.2, 0) is 16.1 Å². The number of Topliss-reactive ketones (excluding diaryl/α,β-unsaturated/α-hetero) is 1. The number of halogens is 1. The lowest BCUT2D eigenvalue weighted by molar-refractivity contribution is -0.140. The number of methoxy groups -OCH3 is 1. The Morgan fingerprint density at radius 1 is 0.941 bits per heavy atom. The van der Waals surface area contributed by atoms with Crippen LogP contribution in [0.1, 0.15) is 33.1 Å². The fourth-order valence-corrected chi connectivity index (χ4v) is 3.97. The third-order valence-electron chi connectivity index (χ3n) is 5.64. The summed E-state index contributed by atoms with van der Waals surface area (Å²) < 4.78 is 18.9. The normalized spacial score (nSPS) is 17.1. The van der Waals surface area contributed by atoms with Crippen molar-refractivity contribution in [1.29, 1.82) is 0 Å². The van der Waals surface area contributed by atoms with Crippen molar-refractivity contribution < 1.29 is 33.7 Å². The molecule has 1 saturated heterocycles. The zero-order valence-electron chi connectivity index (χ0n) is 18.1. The maximum atomic E-state index is 13.4. The Labute approximate surface area is 194 Å². The van der Waals surface area contributed by atoms with E-state index in [0.29, 0.717) is 16.9 Å². The topological polar surface area (TPSA) is 104 Å². The number of likely N-dealkylation sites (tertiary alicyclic amines) is 1. The second kappa shape index (κ2) is 9.19. The van der Waals surface area contributed by atoms with Gasteiger partial charge in [-0.15, -0.1) is 0 Å². The number of carbonyl (C=O) groups excluding carboxylic acids is 2. The van der Waals surface area contributed by atoms with Crippen LogP contribution in [0.2, 0.25) is 0 Å². The molecule has 1 aliphatic heterocycles. The summed E-state index contributed by atoms with van der Waals surface area (Å²) in [5.41, 5.74) is 1.19. The van der Waals surface area contributed by atoms with E-state index in [0.717, 1.165) is 12.1 Å². The molecule has 0 aliphatic carbocycles. The lowest BCUT2D eigenvalue weighted by Gasteiger charge is -2.26. The van der Waals surface area contributed by atoms with E-state index in [1.165, 1.54) is 36.3 Å². The number of amides is 1. The van der Waals surface area contributed by atoms with Crippen molar-refractivity contribution in [3.05, 3.63) is 106 Å². The van der Waals surface area contributed by atoms with Gasteiger partial charge in [0.1, 0.15) is 17.3 Å². The van der Waals surface area contributed by atoms with E-state index in [2.05, 4.69) is 0 Å². The van der Waals surface area contributed by atoms with Crippen molar-refractivity contribution >= 4 is 23.4 Å². The molecule has 0 saturated carbocycles. The number of ketones is 1. The highest BCUT2D eigenvalue weighted by Crippen LogP contribution is 2.43. The van der Waals surface area contributed by atoms with Gasteiger partial charge in [-0.25, -0.2) is 9.18 Å². The summed E-state index contributed by atoms with van der Waals surface area (Å²) in [6.45, 7) is -0.0205. The minimum absolute atomic E-state index is 0.0205. The molecule has 0 spiro atoms. The predicted molar refractivity (Wildman–Crippen MR) is 121 cm³/mol. The number of carbonyl (C=O) groups is 3. The number of rotatable bonds is 6. The molecule has 2 N–H and O–H groups in total. The predicted octanol–water partition coefficient (Wildman–Crippen LogP) is 4.15. The molecule has 0 radical (unpaired) electrons. The summed E-state index contributed by atoms with van der Waals surface area (Å²) in [6, 6.07) is 16.7. The molecular weight excluding hydrogens is 441 g/mol. The summed E-state index contributed by atoms with van der Waals surface area (Å²) in [5.74, 6) is -3.34. The summed E-state index contributed by atoms with van der Waals surface area (Å²) in [5, 5.41) is 20.2. The van der Waals surface area contributed by atoms with Gasteiger partial charge in [0.05, 0.1) is 24.3 Å². The molecule has 3 aromatic rings. The van der Waals surface area contributed by atoms with E-state index in [1.807, 2.05) is 0 Å². The van der Waals surface area contributed by atoms with E-state index in [1.54, 1.807) is 36.4 Å². The Kier molecular flexibility index (Phi) is 6.14. The van der Waals surface area contributed by atoms with Crippen LogP contribution in [0, 0.1) is 5.82 Å². The molecule has 34 heavy (non-hydrogen) atoms. The highest BCUT2D eigenvalue weighted by Gasteiger charge is 2.47. The van der Waals surface area contributed by atoms with Crippen LogP contribution in [0.15, 0.2) is 78.4 Å². The Morgan fingerprint density at radius 2 is 1.56 bits per heavy atom. The summed E-state index contributed by atoms with van der Waals surface area (Å²) in [7, 11) is 1.45. The number of carboxylic acid groups (broad SMARTS) is 1. The average molecular weight is 461 g/mol. The van der Waals surface area contributed by atoms with Crippen LogP contribution in [0.4, 0.5) is 4.39 Å². The first kappa shape index (κ1) is 22.7. The van der Waals surface area contributed by atoms with E-state index in [-0.39, 0.29) is 23.2 Å². The monoisotopic (exact) mass is 461 g/mol. The molecule has 1 fully saturated rings. The number of hydrogen-bond acceptors (Lipinski definition) is 5. The molecule has 3 aromatic carbocycles. The highest BCUT2D eigenvalue weighted by atomic mass is 19.1. The van der Waals surface area contributed by atoms with Crippen LogP contribution in [-0.4, -0.2) is 39.9 Å². The molecule has 7 nitrogen and oxygen atoms in total. The van der Waals surface area contributed by atoms with E-state index in [4.69, 9.17) is 9.84 Å². The number of benzene rings is 3. The molecule has 1 heterocycles. The van der Waals surface area contributed by atoms with Gasteiger partial charge < -0.3 is 19.8 Å². The summed E-state index contributed by atoms with van der Waals surface area (Å²) >= 11 is 0. The Morgan fingerprint density at radius 3 is 2.18 bits per heavy atom. The van der Waals surface area contributed by atoms with Crippen molar-refractivity contribution in [1.82, 2.24) is 4.90 Å². The van der Waals surface area contributed by atoms with Crippen LogP contribution < -0.4 is 4.74 Å². The van der Waals surface area contributed by atoms with Gasteiger partial charge in [-0.2, -0.15) is 0 Å². The van der Waals surface area contributed by atoms with Crippen LogP contribution in [0.5, 0.6) is 5.75 Å². The van der Waals surface area contributed by atoms with Gasteiger partial charge in [0.25, 0.3) is 11.7 Å². The Hall–Kier alpha value is -4.46. The van der Waals surface area contributed by atoms with Crippen molar-refractivity contribution in [2.45, 2.75) is 12.6 Å². The number of hydrogen-bond donors (Lipinski definition) is 2. The molecule has 1 aliphatic rings. The number of aliphatic hydroxyl groups excluding tert-OH is 1. The third-order valence-corrected chi connectivity index (χ3v) is 5.64. The van der Waals surface area contributed by atoms with Crippen molar-refractivity contribution in [2.24, 2.45) is 0 Å². The van der Waals surface area contributed by atoms with Gasteiger partial charge in [0, 0.05) is 17.7 Å². The zero-order valence-corrected chi connectivity index (χ0v) is 18.1. The van der Waals surface area contributed by atoms with E-state index in [9.17, 15) is 23.9 Å². The quantitative estimate of drug-likeness (QED) is 0.325. The molecule has 1 amide bonds. The van der Waals surface area contributed by atoms with Gasteiger partial charge in [0.15, 0.2) is 0 Å². The van der Waals surface area contributed by atoms with Crippen LogP contribution >= 0.6 is 0 Å². The van der Waals surface area contributed by atoms with E-state index >= 15 is 0 Å². The summed E-state index contributed by atoms with van der Waals surface area (Å²) in [4.78, 5) is 38.7. The molecule has 0 bridgehead atoms. The van der Waals surface area contributed by atoms with Crippen molar-refractivity contribution in [3.8, 4) is 5.75 Å². The molecule has 172 valence electrons. The maximum absolute atomic E-state index is 13.4. The lowest BCUT2D eigenvalue weighted by Crippen LogP contribution is -2.29. The lowest BCUT2D eigenvalue weighted by atomic mass is 9.94. The first-order valence-electron chi connectivity index (χ1n) is 10.3. The molecule has 1 atom stereocenters. The minimum Gasteiger partial charge on any atom is -0.507 e. The van der Waals surface area contributed by atoms with Gasteiger partial charge in [-0.3, -0.25) is 9.59 Å². The maximum Gasteiger partial charge on any atom is 0.335 e. The number of aliphatic hydroxyl groups is 1. The number of ether oxygens (including phenoxy) is 1. The smallest absolute Gasteiger partial charge is 0.335 e. The average Bonchev–Trinajstić information content (AvgIpc) is 3.09. The standard InChI is InChI=1S/C26H20FNO6/c1-34-20-5-3-2-4-19(20)22-21(23(29)16-10-12-18(27)13-11-16)24(30)25(31)28(22)14-15-6-8-17(9-7-15)26(32)33/h2-13,22,29H,14H2,1H3,(H,32,33)/b23-21+. The van der Waals surface area contributed by atoms with Crippen molar-refractivity contribution in [3.63, 3.8) is 0 Å². The SMILES string of the molecule is COc1ccccc1C1/C(=C(\O)c2ccc(F)cc2)C(=O)C(=O)N1Cc1ccc(C(=O)O)cc1. The first-order valence-corrected chi connectivity index (χ1v) is 10.3. The minimum atomic E-state index is -1.08. The largest absolute Gasteiger partial charge is 0.507 e. The van der Waals surface area contributed by atoms with Gasteiger partial charge in [-0.1, -0.05) is 30.3 Å². The molecule has 0 aromatic heterocycles. The fourth-order valence-electron chi connectivity index (χ4n) is 3.97. The van der Waals surface area contributed by atoms with Crippen LogP contribution in [0.25, 0.3) is 5.76 Å². The third kappa shape index (κ3) is 4.13. The zero-order chi connectivity index (χ0) is 24.4. The first-order chi connectivity index (χ1) is 16.3. The number of aromatic carboxylic acids is 1. The van der Waals surface area contributed by atoms with Crippen molar-refractivity contribution in [2.75, 3.05) is 7.11 Å². The summed E-state index contributed by atoms with van der Waals surface area (Å²) in [6.07, 6.45) is 0. The molecule has 8 heteroatoms. The fraction of sp³-hybridized carbons (Fsp3) is 0.115. The van der Waals surface area contributed by atoms with E-state index < -0.39 is 35.3 Å².